The van der Waals surface area contributed by atoms with Crippen molar-refractivity contribution in [3.63, 3.8) is 0 Å². The lowest BCUT2D eigenvalue weighted by atomic mass is 9.82. The van der Waals surface area contributed by atoms with Crippen LogP contribution in [0, 0.1) is 17.2 Å². The summed E-state index contributed by atoms with van der Waals surface area (Å²) >= 11 is 0. The zero-order valence-corrected chi connectivity index (χ0v) is 12.6. The Hall–Kier alpha value is -2.74. The molecule has 0 bridgehead atoms. The second kappa shape index (κ2) is 5.57. The molecular weight excluding hydrogens is 276 g/mol. The van der Waals surface area contributed by atoms with E-state index in [1.165, 1.54) is 0 Å². The van der Waals surface area contributed by atoms with Gasteiger partial charge in [0.15, 0.2) is 0 Å². The van der Waals surface area contributed by atoms with Gasteiger partial charge in [-0.15, -0.1) is 5.10 Å². The van der Waals surface area contributed by atoms with E-state index in [2.05, 4.69) is 30.1 Å². The molecule has 5 nitrogen and oxygen atoms in total. The topological polar surface area (TPSA) is 87.7 Å². The van der Waals surface area contributed by atoms with Crippen molar-refractivity contribution in [1.82, 2.24) is 10.2 Å². The minimum Gasteiger partial charge on any atom is -0.420 e. The van der Waals surface area contributed by atoms with Gasteiger partial charge in [0, 0.05) is 5.92 Å². The van der Waals surface area contributed by atoms with Crippen LogP contribution in [0.4, 0.5) is 0 Å². The van der Waals surface area contributed by atoms with Crippen molar-refractivity contribution in [3.05, 3.63) is 47.4 Å². The Labute approximate surface area is 129 Å². The first-order valence-corrected chi connectivity index (χ1v) is 7.33. The van der Waals surface area contributed by atoms with Crippen LogP contribution in [0.15, 0.2) is 41.8 Å². The third-order valence-corrected chi connectivity index (χ3v) is 3.83. The molecule has 1 aliphatic heterocycles. The van der Waals surface area contributed by atoms with E-state index in [0.29, 0.717) is 17.4 Å². The smallest absolute Gasteiger partial charge is 0.244 e. The van der Waals surface area contributed by atoms with Gasteiger partial charge in [0.25, 0.3) is 0 Å². The molecule has 2 aromatic rings. The molecule has 1 aliphatic rings. The number of benzene rings is 1. The molecule has 0 fully saturated rings. The monoisotopic (exact) mass is 294 g/mol. The van der Waals surface area contributed by atoms with E-state index >= 15 is 0 Å². The molecule has 2 heterocycles. The molecule has 1 atom stereocenters. The van der Waals surface area contributed by atoms with Crippen molar-refractivity contribution in [2.75, 3.05) is 0 Å². The van der Waals surface area contributed by atoms with Crippen LogP contribution in [0.25, 0.3) is 11.3 Å². The molecule has 0 radical (unpaired) electrons. The van der Waals surface area contributed by atoms with Crippen molar-refractivity contribution in [2.45, 2.75) is 26.2 Å². The number of ether oxygens (including phenoxy) is 1. The summed E-state index contributed by atoms with van der Waals surface area (Å²) in [4.78, 5) is 0. The van der Waals surface area contributed by atoms with Gasteiger partial charge >= 0.3 is 0 Å². The van der Waals surface area contributed by atoms with E-state index < -0.39 is 0 Å². The highest BCUT2D eigenvalue weighted by Gasteiger charge is 2.34. The van der Waals surface area contributed by atoms with Crippen LogP contribution in [-0.4, -0.2) is 10.2 Å². The number of nitrogens with one attached hydrogen (secondary N) is 1. The number of H-pyrrole nitrogens is 1. The number of nitrogens with two attached hydrogens (primary N) is 1. The third kappa shape index (κ3) is 2.33. The van der Waals surface area contributed by atoms with Gasteiger partial charge in [0.2, 0.25) is 11.8 Å². The van der Waals surface area contributed by atoms with E-state index in [0.717, 1.165) is 23.2 Å². The zero-order chi connectivity index (χ0) is 15.7. The normalized spacial score (nSPS) is 17.1. The first-order chi connectivity index (χ1) is 10.6. The fourth-order valence-corrected chi connectivity index (χ4v) is 2.88. The lowest BCUT2D eigenvalue weighted by molar-refractivity contribution is 0.365. The van der Waals surface area contributed by atoms with Gasteiger partial charge in [-0.1, -0.05) is 44.2 Å². The molecule has 0 unspecified atom stereocenters. The quantitative estimate of drug-likeness (QED) is 0.909. The molecule has 1 aromatic carbocycles. The number of aromatic amines is 1. The summed E-state index contributed by atoms with van der Waals surface area (Å²) in [6.45, 7) is 4.26. The molecule has 5 heteroatoms. The highest BCUT2D eigenvalue weighted by Crippen LogP contribution is 2.44. The Morgan fingerprint density at radius 2 is 2.09 bits per heavy atom. The van der Waals surface area contributed by atoms with Crippen LogP contribution in [0.1, 0.15) is 31.7 Å². The third-order valence-electron chi connectivity index (χ3n) is 3.83. The van der Waals surface area contributed by atoms with Crippen molar-refractivity contribution in [1.29, 1.82) is 5.26 Å². The highest BCUT2D eigenvalue weighted by atomic mass is 16.5. The Morgan fingerprint density at radius 1 is 1.36 bits per heavy atom. The van der Waals surface area contributed by atoms with E-state index in [1.807, 2.05) is 30.3 Å². The highest BCUT2D eigenvalue weighted by molar-refractivity contribution is 5.68. The predicted octanol–water partition coefficient (Wildman–Crippen LogP) is 3.29. The maximum Gasteiger partial charge on any atom is 0.244 e. The van der Waals surface area contributed by atoms with Crippen LogP contribution < -0.4 is 10.5 Å². The van der Waals surface area contributed by atoms with Gasteiger partial charge in [-0.05, 0) is 17.9 Å². The summed E-state index contributed by atoms with van der Waals surface area (Å²) < 4.78 is 5.54. The number of nitrogens with zero attached hydrogens (tertiary/aromatic N) is 2. The van der Waals surface area contributed by atoms with Crippen molar-refractivity contribution >= 4 is 0 Å². The molecule has 3 rings (SSSR count). The Bertz CT molecular complexity index is 753. The van der Waals surface area contributed by atoms with E-state index in [1.54, 1.807) is 0 Å². The van der Waals surface area contributed by atoms with E-state index in [4.69, 9.17) is 10.5 Å². The standard InChI is InChI=1S/C17H18N4O/c1-10(2)8-12-13(9-18)16(19)22-17-14(12)15(20-21-17)11-6-4-3-5-7-11/h3-7,10,12H,8,19H2,1-2H3,(H,20,21)/t12-/m1/s1. The van der Waals surface area contributed by atoms with Crippen molar-refractivity contribution in [2.24, 2.45) is 11.7 Å². The van der Waals surface area contributed by atoms with Gasteiger partial charge in [-0.25, -0.2) is 0 Å². The molecule has 112 valence electrons. The first kappa shape index (κ1) is 14.2. The first-order valence-electron chi connectivity index (χ1n) is 7.33. The number of fused-ring (bicyclic) bond motifs is 1. The molecule has 0 amide bonds. The van der Waals surface area contributed by atoms with Crippen LogP contribution in [0.2, 0.25) is 0 Å². The van der Waals surface area contributed by atoms with E-state index in [-0.39, 0.29) is 11.8 Å². The lowest BCUT2D eigenvalue weighted by Gasteiger charge is -2.24. The fraction of sp³-hybridized carbons (Fsp3) is 0.294. The Balaban J connectivity index is 2.15. The minimum absolute atomic E-state index is 0.0947. The van der Waals surface area contributed by atoms with Crippen LogP contribution >= 0.6 is 0 Å². The summed E-state index contributed by atoms with van der Waals surface area (Å²) in [5.74, 6) is 0.959. The SMILES string of the molecule is CC(C)C[C@@H]1C(C#N)=C(N)Oc2n[nH]c(-c3ccccc3)c21. The fourth-order valence-electron chi connectivity index (χ4n) is 2.88. The average molecular weight is 294 g/mol. The maximum absolute atomic E-state index is 9.47. The minimum atomic E-state index is -0.0947. The molecule has 0 spiro atoms. The summed E-state index contributed by atoms with van der Waals surface area (Å²) in [6, 6.07) is 12.1. The molecule has 0 aliphatic carbocycles. The molecule has 0 saturated heterocycles. The van der Waals surface area contributed by atoms with Crippen molar-refractivity contribution < 1.29 is 4.74 Å². The number of hydrogen-bond acceptors (Lipinski definition) is 4. The second-order valence-electron chi connectivity index (χ2n) is 5.86. The molecule has 22 heavy (non-hydrogen) atoms. The van der Waals surface area contributed by atoms with Gasteiger partial charge in [-0.3, -0.25) is 5.10 Å². The molecule has 0 saturated carbocycles. The van der Waals surface area contributed by atoms with Gasteiger partial charge < -0.3 is 10.5 Å². The summed E-state index contributed by atoms with van der Waals surface area (Å²) in [5, 5.41) is 16.7. The van der Waals surface area contributed by atoms with Gasteiger partial charge in [0.1, 0.15) is 6.07 Å². The van der Waals surface area contributed by atoms with Crippen LogP contribution in [-0.2, 0) is 0 Å². The Kier molecular flexibility index (Phi) is 3.60. The molecule has 3 N–H and O–H groups in total. The largest absolute Gasteiger partial charge is 0.420 e. The molecular formula is C17H18N4O. The number of hydrogen-bond donors (Lipinski definition) is 2. The zero-order valence-electron chi connectivity index (χ0n) is 12.6. The number of rotatable bonds is 3. The van der Waals surface area contributed by atoms with Crippen LogP contribution in [0.3, 0.4) is 0 Å². The summed E-state index contributed by atoms with van der Waals surface area (Å²) in [5.41, 5.74) is 9.22. The average Bonchev–Trinajstić information content (AvgIpc) is 2.91. The van der Waals surface area contributed by atoms with Gasteiger partial charge in [-0.2, -0.15) is 5.26 Å². The van der Waals surface area contributed by atoms with Gasteiger partial charge in [0.05, 0.1) is 16.8 Å². The number of nitriles is 1. The second-order valence-corrected chi connectivity index (χ2v) is 5.86. The van der Waals surface area contributed by atoms with Crippen LogP contribution in [0.5, 0.6) is 5.88 Å². The summed E-state index contributed by atoms with van der Waals surface area (Å²) in [7, 11) is 0. The maximum atomic E-state index is 9.47. The summed E-state index contributed by atoms with van der Waals surface area (Å²) in [6.07, 6.45) is 0.819. The lowest BCUT2D eigenvalue weighted by Crippen LogP contribution is -2.21. The Morgan fingerprint density at radius 3 is 2.73 bits per heavy atom. The predicted molar refractivity (Wildman–Crippen MR) is 83.7 cm³/mol. The number of aromatic nitrogens is 2. The molecule has 1 aromatic heterocycles. The van der Waals surface area contributed by atoms with Crippen molar-refractivity contribution in [3.8, 4) is 23.2 Å². The number of allylic oxidation sites excluding steroid dienone is 1. The van der Waals surface area contributed by atoms with E-state index in [9.17, 15) is 5.26 Å².